The highest BCUT2D eigenvalue weighted by atomic mass is 79.9. The maximum Gasteiger partial charge on any atom is 0.272 e. The Morgan fingerprint density at radius 1 is 1.19 bits per heavy atom. The largest absolute Gasteiger partial charge is 0.273 e. The van der Waals surface area contributed by atoms with Crippen LogP contribution < -0.4 is 0 Å². The second-order valence-corrected chi connectivity index (χ2v) is 5.78. The average molecular weight is 349 g/mol. The number of carbonyl (C=O) groups is 2. The minimum absolute atomic E-state index is 0.0341. The van der Waals surface area contributed by atoms with Crippen molar-refractivity contribution in [2.75, 3.05) is 13.1 Å². The minimum Gasteiger partial charge on any atom is -0.273 e. The first kappa shape index (κ1) is 15.6. The van der Waals surface area contributed by atoms with Crippen LogP contribution in [0.25, 0.3) is 0 Å². The third-order valence-electron chi connectivity index (χ3n) is 3.36. The van der Waals surface area contributed by atoms with Crippen LogP contribution in [-0.4, -0.2) is 34.9 Å². The van der Waals surface area contributed by atoms with Gasteiger partial charge in [0.1, 0.15) is 0 Å². The lowest BCUT2D eigenvalue weighted by molar-refractivity contribution is -0.140. The Bertz CT molecular complexity index is 563. The number of carbonyl (C=O) groups excluding carboxylic acids is 2. The molecule has 1 saturated heterocycles. The van der Waals surface area contributed by atoms with E-state index in [0.717, 1.165) is 10.9 Å². The zero-order chi connectivity index (χ0) is 15.2. The smallest absolute Gasteiger partial charge is 0.272 e. The van der Waals surface area contributed by atoms with E-state index < -0.39 is 0 Å². The first-order valence-corrected chi connectivity index (χ1v) is 7.74. The van der Waals surface area contributed by atoms with Crippen LogP contribution >= 0.6 is 15.9 Å². The number of rotatable bonds is 4. The summed E-state index contributed by atoms with van der Waals surface area (Å²) in [6.45, 7) is 1.17. The number of hydrogen-bond donors (Lipinski definition) is 0. The van der Waals surface area contributed by atoms with Crippen molar-refractivity contribution in [1.82, 2.24) is 10.0 Å². The Kier molecular flexibility index (Phi) is 5.40. The molecule has 1 aliphatic heterocycles. The number of nitrogens with zero attached hydrogens (tertiary/aromatic N) is 2. The SMILES string of the molecule is C#CCCCC(=O)N1CCCN1C(=O)c1ccc(Br)cc1. The monoisotopic (exact) mass is 348 g/mol. The molecule has 2 rings (SSSR count). The Balaban J connectivity index is 2.04. The molecule has 5 heteroatoms. The van der Waals surface area contributed by atoms with E-state index in [2.05, 4.69) is 21.9 Å². The summed E-state index contributed by atoms with van der Waals surface area (Å²) in [5, 5.41) is 3.10. The number of benzene rings is 1. The van der Waals surface area contributed by atoms with E-state index in [9.17, 15) is 9.59 Å². The second kappa shape index (κ2) is 7.28. The number of terminal acetylenes is 1. The van der Waals surface area contributed by atoms with Crippen molar-refractivity contribution in [3.8, 4) is 12.3 Å². The summed E-state index contributed by atoms with van der Waals surface area (Å²) in [7, 11) is 0. The van der Waals surface area contributed by atoms with E-state index in [-0.39, 0.29) is 11.8 Å². The van der Waals surface area contributed by atoms with Gasteiger partial charge in [0.2, 0.25) is 5.91 Å². The first-order valence-electron chi connectivity index (χ1n) is 6.94. The molecule has 1 aromatic carbocycles. The Hall–Kier alpha value is -1.80. The van der Waals surface area contributed by atoms with Gasteiger partial charge in [-0.3, -0.25) is 14.6 Å². The van der Waals surface area contributed by atoms with Crippen molar-refractivity contribution in [1.29, 1.82) is 0 Å². The molecular formula is C16H17BrN2O2. The van der Waals surface area contributed by atoms with Crippen LogP contribution in [0.3, 0.4) is 0 Å². The van der Waals surface area contributed by atoms with Crippen LogP contribution in [0.1, 0.15) is 36.0 Å². The van der Waals surface area contributed by atoms with E-state index in [1.54, 1.807) is 22.2 Å². The molecule has 0 unspecified atom stereocenters. The van der Waals surface area contributed by atoms with E-state index in [1.807, 2.05) is 12.1 Å². The molecule has 21 heavy (non-hydrogen) atoms. The molecule has 0 N–H and O–H groups in total. The van der Waals surface area contributed by atoms with E-state index >= 15 is 0 Å². The van der Waals surface area contributed by atoms with Gasteiger partial charge in [-0.15, -0.1) is 12.3 Å². The van der Waals surface area contributed by atoms with Crippen LogP contribution in [0.4, 0.5) is 0 Å². The van der Waals surface area contributed by atoms with Gasteiger partial charge in [-0.05, 0) is 37.1 Å². The van der Waals surface area contributed by atoms with Gasteiger partial charge in [-0.2, -0.15) is 0 Å². The molecular weight excluding hydrogens is 332 g/mol. The van der Waals surface area contributed by atoms with Gasteiger partial charge in [-0.1, -0.05) is 15.9 Å². The average Bonchev–Trinajstić information content (AvgIpc) is 2.97. The molecule has 0 aromatic heterocycles. The van der Waals surface area contributed by atoms with E-state index in [4.69, 9.17) is 6.42 Å². The Labute approximate surface area is 133 Å². The number of unbranched alkanes of at least 4 members (excludes halogenated alkanes) is 1. The fourth-order valence-corrected chi connectivity index (χ4v) is 2.56. The molecule has 0 spiro atoms. The molecule has 1 fully saturated rings. The molecule has 0 saturated carbocycles. The van der Waals surface area contributed by atoms with E-state index in [1.165, 1.54) is 0 Å². The highest BCUT2D eigenvalue weighted by Gasteiger charge is 2.30. The van der Waals surface area contributed by atoms with Crippen molar-refractivity contribution < 1.29 is 9.59 Å². The Morgan fingerprint density at radius 3 is 2.52 bits per heavy atom. The van der Waals surface area contributed by atoms with Crippen LogP contribution in [0, 0.1) is 12.3 Å². The van der Waals surface area contributed by atoms with Crippen LogP contribution in [0.2, 0.25) is 0 Å². The van der Waals surface area contributed by atoms with Gasteiger partial charge < -0.3 is 0 Å². The van der Waals surface area contributed by atoms with Crippen molar-refractivity contribution in [2.45, 2.75) is 25.7 Å². The van der Waals surface area contributed by atoms with E-state index in [0.29, 0.717) is 37.9 Å². The number of hydrogen-bond acceptors (Lipinski definition) is 2. The van der Waals surface area contributed by atoms with Crippen molar-refractivity contribution in [3.05, 3.63) is 34.3 Å². The summed E-state index contributed by atoms with van der Waals surface area (Å²) in [5.41, 5.74) is 0.585. The first-order chi connectivity index (χ1) is 10.1. The van der Waals surface area contributed by atoms with Gasteiger partial charge in [0.15, 0.2) is 0 Å². The molecule has 0 atom stereocenters. The second-order valence-electron chi connectivity index (χ2n) is 4.86. The van der Waals surface area contributed by atoms with Gasteiger partial charge in [0.05, 0.1) is 0 Å². The lowest BCUT2D eigenvalue weighted by Gasteiger charge is -2.28. The van der Waals surface area contributed by atoms with Crippen molar-refractivity contribution in [2.24, 2.45) is 0 Å². The predicted octanol–water partition coefficient (Wildman–Crippen LogP) is 2.84. The highest BCUT2D eigenvalue weighted by Crippen LogP contribution is 2.18. The standard InChI is InChI=1S/C16H17BrN2O2/c1-2-3-4-6-15(20)18-11-5-12-19(18)16(21)13-7-9-14(17)10-8-13/h1,7-10H,3-6,11-12H2. The molecule has 2 amide bonds. The lowest BCUT2D eigenvalue weighted by atomic mass is 10.2. The van der Waals surface area contributed by atoms with Crippen LogP contribution in [-0.2, 0) is 4.79 Å². The fraction of sp³-hybridized carbons (Fsp3) is 0.375. The van der Waals surface area contributed by atoms with Gasteiger partial charge >= 0.3 is 0 Å². The quantitative estimate of drug-likeness (QED) is 0.620. The molecule has 110 valence electrons. The van der Waals surface area contributed by atoms with Crippen LogP contribution in [0.5, 0.6) is 0 Å². The number of hydrazine groups is 1. The van der Waals surface area contributed by atoms with Crippen LogP contribution in [0.15, 0.2) is 28.7 Å². The van der Waals surface area contributed by atoms with Gasteiger partial charge in [0.25, 0.3) is 5.91 Å². The summed E-state index contributed by atoms with van der Waals surface area (Å²) in [6.07, 6.45) is 7.62. The molecule has 0 bridgehead atoms. The maximum atomic E-state index is 12.5. The highest BCUT2D eigenvalue weighted by molar-refractivity contribution is 9.10. The summed E-state index contributed by atoms with van der Waals surface area (Å²) in [5.74, 6) is 2.35. The number of halogens is 1. The molecule has 0 radical (unpaired) electrons. The fourth-order valence-electron chi connectivity index (χ4n) is 2.29. The van der Waals surface area contributed by atoms with Gasteiger partial charge in [0, 0.05) is 36.0 Å². The summed E-state index contributed by atoms with van der Waals surface area (Å²) < 4.78 is 0.919. The predicted molar refractivity (Wildman–Crippen MR) is 84.2 cm³/mol. The maximum absolute atomic E-state index is 12.5. The third-order valence-corrected chi connectivity index (χ3v) is 3.89. The van der Waals surface area contributed by atoms with Gasteiger partial charge in [-0.25, -0.2) is 5.01 Å². The molecule has 1 aromatic rings. The Morgan fingerprint density at radius 2 is 1.86 bits per heavy atom. The van der Waals surface area contributed by atoms with Crippen molar-refractivity contribution >= 4 is 27.7 Å². The zero-order valence-electron chi connectivity index (χ0n) is 11.7. The third kappa shape index (κ3) is 3.85. The van der Waals surface area contributed by atoms with Crippen molar-refractivity contribution in [3.63, 3.8) is 0 Å². The summed E-state index contributed by atoms with van der Waals surface area (Å²) in [4.78, 5) is 24.7. The molecule has 1 heterocycles. The minimum atomic E-state index is -0.134. The topological polar surface area (TPSA) is 40.6 Å². The summed E-state index contributed by atoms with van der Waals surface area (Å²) >= 11 is 3.34. The molecule has 0 aliphatic carbocycles. The molecule has 1 aliphatic rings. The zero-order valence-corrected chi connectivity index (χ0v) is 13.3. The normalized spacial score (nSPS) is 14.1. The number of amides is 2. The molecule has 4 nitrogen and oxygen atoms in total. The summed E-state index contributed by atoms with van der Waals surface area (Å²) in [6, 6.07) is 7.15. The lowest BCUT2D eigenvalue weighted by Crippen LogP contribution is -2.44.